The lowest BCUT2D eigenvalue weighted by Gasteiger charge is -2.14. The van der Waals surface area contributed by atoms with Crippen LogP contribution in [0.1, 0.15) is 42.0 Å². The molecule has 4 nitrogen and oxygen atoms in total. The molecule has 0 fully saturated rings. The van der Waals surface area contributed by atoms with Gasteiger partial charge in [-0.15, -0.1) is 11.3 Å². The summed E-state index contributed by atoms with van der Waals surface area (Å²) in [5, 5.41) is 2.86. The van der Waals surface area contributed by atoms with Gasteiger partial charge in [-0.2, -0.15) is 8.75 Å². The number of carbonyl (C=O) groups is 1. The highest BCUT2D eigenvalue weighted by Gasteiger charge is 2.19. The van der Waals surface area contributed by atoms with Gasteiger partial charge in [0.2, 0.25) is 0 Å². The van der Waals surface area contributed by atoms with E-state index in [9.17, 15) is 4.79 Å². The lowest BCUT2D eigenvalue weighted by atomic mass is 9.93. The first-order valence-corrected chi connectivity index (χ1v) is 6.83. The molecule has 0 aromatic carbocycles. The largest absolute Gasteiger partial charge is 0.292 e. The Bertz CT molecular complexity index is 511. The second-order valence-corrected chi connectivity index (χ2v) is 6.27. The fraction of sp³-hybridized carbons (Fsp3) is 0.455. The minimum atomic E-state index is -0.0199. The van der Waals surface area contributed by atoms with Gasteiger partial charge in [-0.25, -0.2) is 4.98 Å². The molecule has 0 radical (unpaired) electrons. The van der Waals surface area contributed by atoms with Gasteiger partial charge in [-0.1, -0.05) is 20.8 Å². The van der Waals surface area contributed by atoms with Gasteiger partial charge < -0.3 is 0 Å². The van der Waals surface area contributed by atoms with Crippen LogP contribution in [0, 0.1) is 0 Å². The standard InChI is InChI=1S/C11H13N3OS2/c1-11(2,3)9-6-16-10(13-9)4-8(15)7-5-12-17-14-7/h5-6H,4H2,1-3H3. The van der Waals surface area contributed by atoms with E-state index in [1.807, 2.05) is 5.38 Å². The fourth-order valence-electron chi connectivity index (χ4n) is 1.25. The van der Waals surface area contributed by atoms with Gasteiger partial charge >= 0.3 is 0 Å². The number of nitrogens with zero attached hydrogens (tertiary/aromatic N) is 3. The van der Waals surface area contributed by atoms with Crippen LogP contribution in [0.4, 0.5) is 0 Å². The summed E-state index contributed by atoms with van der Waals surface area (Å²) in [6.07, 6.45) is 1.82. The summed E-state index contributed by atoms with van der Waals surface area (Å²) < 4.78 is 7.75. The topological polar surface area (TPSA) is 55.7 Å². The van der Waals surface area contributed by atoms with Crippen LogP contribution in [-0.2, 0) is 11.8 Å². The third kappa shape index (κ3) is 2.95. The lowest BCUT2D eigenvalue weighted by Crippen LogP contribution is -2.12. The van der Waals surface area contributed by atoms with Crippen molar-refractivity contribution in [3.05, 3.63) is 28.0 Å². The second-order valence-electron chi connectivity index (χ2n) is 4.77. The molecule has 0 N–H and O–H groups in total. The van der Waals surface area contributed by atoms with Crippen molar-refractivity contribution in [2.75, 3.05) is 0 Å². The van der Waals surface area contributed by atoms with E-state index in [1.54, 1.807) is 0 Å². The predicted molar refractivity (Wildman–Crippen MR) is 68.8 cm³/mol. The van der Waals surface area contributed by atoms with Crippen LogP contribution in [0.15, 0.2) is 11.6 Å². The molecule has 90 valence electrons. The maximum absolute atomic E-state index is 11.8. The van der Waals surface area contributed by atoms with Crippen molar-refractivity contribution in [3.8, 4) is 0 Å². The molecule has 2 heterocycles. The molecule has 17 heavy (non-hydrogen) atoms. The average Bonchev–Trinajstić information content (AvgIpc) is 2.85. The summed E-state index contributed by atoms with van der Waals surface area (Å²) in [4.78, 5) is 16.3. The van der Waals surface area contributed by atoms with Crippen molar-refractivity contribution in [2.45, 2.75) is 32.6 Å². The normalized spacial score (nSPS) is 11.7. The monoisotopic (exact) mass is 267 g/mol. The van der Waals surface area contributed by atoms with Crippen LogP contribution in [0.2, 0.25) is 0 Å². The highest BCUT2D eigenvalue weighted by Crippen LogP contribution is 2.24. The second kappa shape index (κ2) is 4.62. The number of aromatic nitrogens is 3. The smallest absolute Gasteiger partial charge is 0.190 e. The molecule has 0 unspecified atom stereocenters. The number of ketones is 1. The van der Waals surface area contributed by atoms with Gasteiger partial charge in [0.25, 0.3) is 0 Å². The van der Waals surface area contributed by atoms with E-state index in [2.05, 4.69) is 34.5 Å². The van der Waals surface area contributed by atoms with E-state index in [-0.39, 0.29) is 11.2 Å². The molecule has 0 saturated heterocycles. The molecule has 0 saturated carbocycles. The van der Waals surface area contributed by atoms with Gasteiger partial charge in [-0.05, 0) is 0 Å². The molecule has 0 aliphatic heterocycles. The summed E-state index contributed by atoms with van der Waals surface area (Å²) in [6, 6.07) is 0. The van der Waals surface area contributed by atoms with Gasteiger partial charge in [0.15, 0.2) is 5.78 Å². The van der Waals surface area contributed by atoms with Crippen molar-refractivity contribution in [3.63, 3.8) is 0 Å². The van der Waals surface area contributed by atoms with Crippen LogP contribution in [0.25, 0.3) is 0 Å². The highest BCUT2D eigenvalue weighted by molar-refractivity contribution is 7.09. The molecule has 2 rings (SSSR count). The van der Waals surface area contributed by atoms with Gasteiger partial charge in [0.05, 0.1) is 30.0 Å². The van der Waals surface area contributed by atoms with E-state index in [1.165, 1.54) is 17.5 Å². The Labute approximate surface area is 108 Å². The van der Waals surface area contributed by atoms with Crippen molar-refractivity contribution < 1.29 is 4.79 Å². The van der Waals surface area contributed by atoms with Crippen LogP contribution in [0.3, 0.4) is 0 Å². The number of hydrogen-bond acceptors (Lipinski definition) is 6. The van der Waals surface area contributed by atoms with E-state index >= 15 is 0 Å². The summed E-state index contributed by atoms with van der Waals surface area (Å²) in [6.45, 7) is 6.33. The van der Waals surface area contributed by atoms with Crippen LogP contribution in [-0.4, -0.2) is 19.5 Å². The molecule has 0 amide bonds. The van der Waals surface area contributed by atoms with E-state index in [4.69, 9.17) is 0 Å². The first kappa shape index (κ1) is 12.3. The Hall–Kier alpha value is -1.14. The van der Waals surface area contributed by atoms with Gasteiger partial charge in [0, 0.05) is 10.8 Å². The minimum Gasteiger partial charge on any atom is -0.292 e. The third-order valence-corrected chi connectivity index (χ3v) is 3.61. The molecule has 0 bridgehead atoms. The number of Topliss-reactive ketones (excluding diaryl/α,β-unsaturated/α-hetero) is 1. The molecule has 0 aliphatic carbocycles. The summed E-state index contributed by atoms with van der Waals surface area (Å²) in [5.41, 5.74) is 1.49. The SMILES string of the molecule is CC(C)(C)c1csc(CC(=O)c2cnsn2)n1. The number of hydrogen-bond donors (Lipinski definition) is 0. The zero-order valence-electron chi connectivity index (χ0n) is 9.93. The Morgan fingerprint density at radius 2 is 2.18 bits per heavy atom. The third-order valence-electron chi connectivity index (χ3n) is 2.28. The maximum atomic E-state index is 11.8. The van der Waals surface area contributed by atoms with Crippen molar-refractivity contribution in [2.24, 2.45) is 0 Å². The van der Waals surface area contributed by atoms with Gasteiger partial charge in [0.1, 0.15) is 10.7 Å². The summed E-state index contributed by atoms with van der Waals surface area (Å²) >= 11 is 2.58. The number of thiazole rings is 1. The quantitative estimate of drug-likeness (QED) is 0.802. The molecule has 0 aliphatic rings. The van der Waals surface area contributed by atoms with Gasteiger partial charge in [-0.3, -0.25) is 4.79 Å². The van der Waals surface area contributed by atoms with Crippen LogP contribution < -0.4 is 0 Å². The molecule has 0 spiro atoms. The molecule has 2 aromatic heterocycles. The molecular formula is C11H13N3OS2. The average molecular weight is 267 g/mol. The maximum Gasteiger partial charge on any atom is 0.190 e. The van der Waals surface area contributed by atoms with Crippen molar-refractivity contribution >= 4 is 28.8 Å². The molecular weight excluding hydrogens is 254 g/mol. The Morgan fingerprint density at radius 3 is 2.71 bits per heavy atom. The fourth-order valence-corrected chi connectivity index (χ4v) is 2.70. The Balaban J connectivity index is 2.10. The first-order chi connectivity index (χ1) is 7.97. The number of rotatable bonds is 3. The summed E-state index contributed by atoms with van der Waals surface area (Å²) in [5.74, 6) is -0.0199. The van der Waals surface area contributed by atoms with E-state index < -0.39 is 0 Å². The molecule has 0 atom stereocenters. The van der Waals surface area contributed by atoms with Crippen LogP contribution >= 0.6 is 23.1 Å². The highest BCUT2D eigenvalue weighted by atomic mass is 32.1. The summed E-state index contributed by atoms with van der Waals surface area (Å²) in [7, 11) is 0. The lowest BCUT2D eigenvalue weighted by molar-refractivity contribution is 0.0989. The van der Waals surface area contributed by atoms with Crippen molar-refractivity contribution in [1.29, 1.82) is 0 Å². The van der Waals surface area contributed by atoms with E-state index in [0.717, 1.165) is 22.4 Å². The zero-order valence-corrected chi connectivity index (χ0v) is 11.6. The number of carbonyl (C=O) groups excluding carboxylic acids is 1. The Morgan fingerprint density at radius 1 is 1.41 bits per heavy atom. The molecule has 6 heteroatoms. The Kier molecular flexibility index (Phi) is 3.35. The molecule has 2 aromatic rings. The minimum absolute atomic E-state index is 0.0199. The zero-order chi connectivity index (χ0) is 12.5. The van der Waals surface area contributed by atoms with Crippen LogP contribution in [0.5, 0.6) is 0 Å². The predicted octanol–water partition coefficient (Wildman–Crippen LogP) is 2.72. The van der Waals surface area contributed by atoms with Crippen molar-refractivity contribution in [1.82, 2.24) is 13.7 Å². The first-order valence-electron chi connectivity index (χ1n) is 5.22. The van der Waals surface area contributed by atoms with E-state index in [0.29, 0.717) is 12.1 Å².